The molecule has 0 aliphatic heterocycles. The molecule has 0 aliphatic carbocycles. The Morgan fingerprint density at radius 2 is 2.21 bits per heavy atom. The molecule has 1 aromatic heterocycles. The minimum Gasteiger partial charge on any atom is -0.475 e. The Balaban J connectivity index is 2.41. The standard InChI is InChI=1S/C11H15NO6S/c1-17-6-2-5-12-9(13)7-19(16)10-4-3-8(18-10)11(14)15/h3-4H,2,5-7H2,1H3,(H,12,13)(H,14,15). The van der Waals surface area contributed by atoms with E-state index in [2.05, 4.69) is 5.32 Å². The molecule has 0 aliphatic rings. The first-order valence-electron chi connectivity index (χ1n) is 5.51. The van der Waals surface area contributed by atoms with Crippen molar-refractivity contribution in [3.63, 3.8) is 0 Å². The zero-order chi connectivity index (χ0) is 14.3. The minimum absolute atomic E-state index is 0.0237. The number of aromatic carboxylic acids is 1. The molecule has 0 fully saturated rings. The van der Waals surface area contributed by atoms with Crippen molar-refractivity contribution in [3.05, 3.63) is 17.9 Å². The van der Waals surface area contributed by atoms with Crippen LogP contribution in [0.4, 0.5) is 0 Å². The van der Waals surface area contributed by atoms with Gasteiger partial charge in [-0.1, -0.05) is 0 Å². The number of amides is 1. The molecule has 0 aromatic carbocycles. The summed E-state index contributed by atoms with van der Waals surface area (Å²) in [5.74, 6) is -2.20. The molecule has 1 atom stereocenters. The quantitative estimate of drug-likeness (QED) is 0.664. The number of ether oxygens (including phenoxy) is 1. The van der Waals surface area contributed by atoms with Gasteiger partial charge in [0.1, 0.15) is 5.75 Å². The molecule has 8 heteroatoms. The maximum atomic E-state index is 11.7. The third kappa shape index (κ3) is 5.23. The summed E-state index contributed by atoms with van der Waals surface area (Å²) >= 11 is 0. The molecule has 1 heterocycles. The molecule has 106 valence electrons. The molecule has 2 N–H and O–H groups in total. The summed E-state index contributed by atoms with van der Waals surface area (Å²) in [5.41, 5.74) is 0. The zero-order valence-electron chi connectivity index (χ0n) is 10.4. The van der Waals surface area contributed by atoms with E-state index in [9.17, 15) is 13.8 Å². The van der Waals surface area contributed by atoms with Gasteiger partial charge in [0.2, 0.25) is 11.7 Å². The number of carbonyl (C=O) groups is 2. The summed E-state index contributed by atoms with van der Waals surface area (Å²) < 4.78 is 21.4. The van der Waals surface area contributed by atoms with Crippen LogP contribution in [-0.2, 0) is 20.3 Å². The number of methoxy groups -OCH3 is 1. The first-order chi connectivity index (χ1) is 9.04. The molecule has 0 radical (unpaired) electrons. The van der Waals surface area contributed by atoms with E-state index in [0.29, 0.717) is 19.6 Å². The Morgan fingerprint density at radius 1 is 1.47 bits per heavy atom. The molecule has 0 spiro atoms. The van der Waals surface area contributed by atoms with Crippen LogP contribution in [-0.4, -0.2) is 47.2 Å². The van der Waals surface area contributed by atoms with Gasteiger partial charge in [-0.2, -0.15) is 0 Å². The number of rotatable bonds is 8. The Labute approximate surface area is 112 Å². The van der Waals surface area contributed by atoms with Gasteiger partial charge in [0.25, 0.3) is 0 Å². The number of carboxylic acids is 1. The van der Waals surface area contributed by atoms with Gasteiger partial charge >= 0.3 is 5.97 Å². The lowest BCUT2D eigenvalue weighted by atomic mass is 10.4. The van der Waals surface area contributed by atoms with Crippen LogP contribution in [0.1, 0.15) is 17.0 Å². The average Bonchev–Trinajstić information content (AvgIpc) is 2.84. The highest BCUT2D eigenvalue weighted by atomic mass is 32.2. The second kappa shape index (κ2) is 7.70. The molecule has 1 amide bonds. The zero-order valence-corrected chi connectivity index (χ0v) is 11.2. The summed E-state index contributed by atoms with van der Waals surface area (Å²) in [4.78, 5) is 22.0. The van der Waals surface area contributed by atoms with E-state index in [1.54, 1.807) is 7.11 Å². The summed E-state index contributed by atoms with van der Waals surface area (Å²) in [5, 5.41) is 11.2. The predicted molar refractivity (Wildman–Crippen MR) is 66.4 cm³/mol. The number of hydrogen-bond acceptors (Lipinski definition) is 5. The summed E-state index contributed by atoms with van der Waals surface area (Å²) in [6.45, 7) is 0.964. The van der Waals surface area contributed by atoms with E-state index in [4.69, 9.17) is 14.3 Å². The smallest absolute Gasteiger partial charge is 0.371 e. The van der Waals surface area contributed by atoms with Crippen LogP contribution >= 0.6 is 0 Å². The van der Waals surface area contributed by atoms with Crippen molar-refractivity contribution < 1.29 is 28.1 Å². The van der Waals surface area contributed by atoms with Gasteiger partial charge in [0.15, 0.2) is 5.09 Å². The first kappa shape index (κ1) is 15.4. The van der Waals surface area contributed by atoms with Crippen LogP contribution in [0.25, 0.3) is 0 Å². The van der Waals surface area contributed by atoms with Crippen LogP contribution in [0.3, 0.4) is 0 Å². The van der Waals surface area contributed by atoms with Crippen molar-refractivity contribution in [2.24, 2.45) is 0 Å². The normalized spacial score (nSPS) is 12.1. The number of nitrogens with one attached hydrogen (secondary N) is 1. The minimum atomic E-state index is -1.69. The van der Waals surface area contributed by atoms with E-state index in [-0.39, 0.29) is 22.5 Å². The highest BCUT2D eigenvalue weighted by molar-refractivity contribution is 7.85. The van der Waals surface area contributed by atoms with Crippen molar-refractivity contribution in [1.29, 1.82) is 0 Å². The molecule has 0 saturated carbocycles. The van der Waals surface area contributed by atoms with Crippen molar-refractivity contribution in [1.82, 2.24) is 5.32 Å². The third-order valence-electron chi connectivity index (χ3n) is 2.13. The SMILES string of the molecule is COCCCNC(=O)CS(=O)c1ccc(C(=O)O)o1. The largest absolute Gasteiger partial charge is 0.475 e. The van der Waals surface area contributed by atoms with Crippen molar-refractivity contribution in [2.45, 2.75) is 11.5 Å². The third-order valence-corrected chi connectivity index (χ3v) is 3.32. The molecule has 1 unspecified atom stereocenters. The van der Waals surface area contributed by atoms with Crippen molar-refractivity contribution >= 4 is 22.7 Å². The highest BCUT2D eigenvalue weighted by Gasteiger charge is 2.16. The van der Waals surface area contributed by atoms with Gasteiger partial charge in [-0.3, -0.25) is 9.00 Å². The Kier molecular flexibility index (Phi) is 6.23. The maximum absolute atomic E-state index is 11.7. The molecule has 19 heavy (non-hydrogen) atoms. The second-order valence-corrected chi connectivity index (χ2v) is 4.99. The monoisotopic (exact) mass is 289 g/mol. The fourth-order valence-electron chi connectivity index (χ4n) is 1.24. The van der Waals surface area contributed by atoms with Gasteiger partial charge in [-0.25, -0.2) is 4.79 Å². The Morgan fingerprint density at radius 3 is 2.79 bits per heavy atom. The van der Waals surface area contributed by atoms with Crippen molar-refractivity contribution in [2.75, 3.05) is 26.0 Å². The molecular formula is C11H15NO6S. The number of hydrogen-bond donors (Lipinski definition) is 2. The maximum Gasteiger partial charge on any atom is 0.371 e. The molecule has 0 bridgehead atoms. The fraction of sp³-hybridized carbons (Fsp3) is 0.455. The topological polar surface area (TPSA) is 106 Å². The Hall–Kier alpha value is -1.67. The van der Waals surface area contributed by atoms with Crippen LogP contribution in [0.15, 0.2) is 21.6 Å². The van der Waals surface area contributed by atoms with Gasteiger partial charge in [-0.15, -0.1) is 0 Å². The van der Waals surface area contributed by atoms with Crippen LogP contribution < -0.4 is 5.32 Å². The van der Waals surface area contributed by atoms with Gasteiger partial charge < -0.3 is 19.6 Å². The molecule has 1 rings (SSSR count). The first-order valence-corrected chi connectivity index (χ1v) is 6.83. The predicted octanol–water partition coefficient (Wildman–Crippen LogP) is 0.238. The summed E-state index contributed by atoms with van der Waals surface area (Å²) in [6, 6.07) is 2.49. The number of carbonyl (C=O) groups excluding carboxylic acids is 1. The Bertz CT molecular complexity index is 470. The van der Waals surface area contributed by atoms with Gasteiger partial charge in [-0.05, 0) is 18.6 Å². The second-order valence-electron chi connectivity index (χ2n) is 3.61. The molecular weight excluding hydrogens is 274 g/mol. The van der Waals surface area contributed by atoms with E-state index in [1.165, 1.54) is 12.1 Å². The van der Waals surface area contributed by atoms with E-state index in [1.807, 2.05) is 0 Å². The van der Waals surface area contributed by atoms with E-state index >= 15 is 0 Å². The van der Waals surface area contributed by atoms with Crippen LogP contribution in [0.2, 0.25) is 0 Å². The van der Waals surface area contributed by atoms with Crippen molar-refractivity contribution in [3.8, 4) is 0 Å². The lowest BCUT2D eigenvalue weighted by Crippen LogP contribution is -2.29. The van der Waals surface area contributed by atoms with Gasteiger partial charge in [0.05, 0.1) is 10.8 Å². The average molecular weight is 289 g/mol. The summed E-state index contributed by atoms with van der Waals surface area (Å²) in [6.07, 6.45) is 0.665. The molecule has 0 saturated heterocycles. The fourth-order valence-corrected chi connectivity index (χ4v) is 2.13. The van der Waals surface area contributed by atoms with Crippen LogP contribution in [0.5, 0.6) is 0 Å². The van der Waals surface area contributed by atoms with E-state index in [0.717, 1.165) is 0 Å². The van der Waals surface area contributed by atoms with E-state index < -0.39 is 16.8 Å². The lowest BCUT2D eigenvalue weighted by molar-refractivity contribution is -0.118. The highest BCUT2D eigenvalue weighted by Crippen LogP contribution is 2.12. The van der Waals surface area contributed by atoms with Crippen LogP contribution in [0, 0.1) is 0 Å². The number of furan rings is 1. The summed E-state index contributed by atoms with van der Waals surface area (Å²) in [7, 11) is -0.126. The molecule has 7 nitrogen and oxygen atoms in total. The number of carboxylic acid groups (broad SMARTS) is 1. The van der Waals surface area contributed by atoms with Gasteiger partial charge in [0, 0.05) is 20.3 Å². The molecule has 1 aromatic rings. The lowest BCUT2D eigenvalue weighted by Gasteiger charge is -2.03.